The number of fused-ring (bicyclic) bond motifs is 10. The largest absolute Gasteiger partial charge is 0.378 e. The number of nitrogens with zero attached hydrogens (tertiary/aromatic N) is 19. The van der Waals surface area contributed by atoms with Crippen LogP contribution in [0.1, 0.15) is 224 Å². The summed E-state index contributed by atoms with van der Waals surface area (Å²) in [7, 11) is 0. The SMILES string of the molecule is CC(=O)c1nn(CC(=O)N2C[C@@]3(F)COCCCCCCCCc4ccc(Br)nc4CC(=O)[C@@H]2C3)c2ccc(-c3cnc(C)nc3)cc12.CC(=O)c1nn(CC(=O)N2[C@H]3C[C@@]4(CCCC=CCOCc5ccc(C)nc5NC3=O)C[C@@H]24)c2c(C)cc(-c3cnc(C)nc3)cc12.CC(=O)c1nn(CC(=O)N2[C@H]3C[C@@]4(CCCC=CCOCc5ccc(C)nc5NC3=O)C[C@@H]24)c2c(C)nc(-c3cnc(C)nc3)cc12. The highest BCUT2D eigenvalue weighted by Gasteiger charge is 2.68. The lowest BCUT2D eigenvalue weighted by molar-refractivity contribution is -0.138. The molecule has 10 aromatic heterocycles. The Kier molecular flexibility index (Phi) is 29.2. The Balaban J connectivity index is 0.000000141. The zero-order chi connectivity index (χ0) is 99.6. The number of Topliss-reactive ketones (excluding diaryl/α,β-unsaturated/α-hetero) is 4. The van der Waals surface area contributed by atoms with Gasteiger partial charge in [0, 0.05) is 138 Å². The zero-order valence-corrected chi connectivity index (χ0v) is 83.3. The Morgan fingerprint density at radius 2 is 0.965 bits per heavy atom. The fourth-order valence-corrected chi connectivity index (χ4v) is 21.7. The summed E-state index contributed by atoms with van der Waals surface area (Å²) in [6.07, 6.45) is 34.1. The molecule has 16 heterocycles. The van der Waals surface area contributed by atoms with Crippen molar-refractivity contribution in [2.75, 3.05) is 43.6 Å². The van der Waals surface area contributed by atoms with Crippen molar-refractivity contribution in [3.63, 3.8) is 0 Å². The number of pyridine rings is 4. The molecule has 2 spiro atoms. The molecule has 6 bridgehead atoms. The standard InChI is InChI=1S/C36H40BrFN6O4.C36H39N7O4.C35H38N8O4/c1-23(45)35-28-15-26(27-18-39-24(2)40-19-27)10-12-30(28)44(42-35)20-34(47)43-21-36(38)17-31(43)32(46)16-29-25(11-13-33(37)41-29)9-7-5-3-4-6-8-14-48-22-36;1-21-13-26(27-17-37-24(4)38-18-27)14-28-32(23(3)44)41-42(33(21)28)19-31(45)43-29-15-36(16-30(36)43)11-7-5-6-8-12-47-20-25-10-9-22(2)39-34(25)40-35(29)46;1-20-9-10-24-19-47-12-8-6-5-7-11-35-14-28(34(46)40-33(24)38-20)43(29(35)15-35)30(45)18-42-32-21(2)39-27(25-16-36-23(4)37-17-25)13-26(32)31(41-42)22(3)44/h10-13,15,18-19,31H,3-9,14,16-17,20-22H2,1-2H3;6,8-10,13-14,17-18,29-30H,5,7,11-12,15-16,19-20H2,1-4H3,(H,39,40,46);6,8-10,13,16-17,28-29H,5,7,11-12,14-15,18-19H2,1-4H3,(H,38,40,46)/t31-,36+;29-,30+,36-;28-,29+,35-/m000/s1. The first-order chi connectivity index (χ1) is 68.4. The van der Waals surface area contributed by atoms with Crippen LogP contribution in [0, 0.1) is 59.3 Å². The molecule has 33 nitrogen and oxygen atoms in total. The fraction of sp³-hybridized carbons (Fsp3) is 0.439. The summed E-state index contributed by atoms with van der Waals surface area (Å²) >= 11 is 3.44. The third-order valence-electron chi connectivity index (χ3n) is 28.8. The quantitative estimate of drug-likeness (QED) is 0.0651. The van der Waals surface area contributed by atoms with Gasteiger partial charge in [-0.05, 0) is 229 Å². The monoisotopic (exact) mass is 1990 g/mol. The Morgan fingerprint density at radius 1 is 0.472 bits per heavy atom. The lowest BCUT2D eigenvalue weighted by Gasteiger charge is -2.27. The summed E-state index contributed by atoms with van der Waals surface area (Å²) in [6.45, 7) is 18.5. The van der Waals surface area contributed by atoms with Crippen molar-refractivity contribution in [2.45, 2.75) is 260 Å². The third-order valence-corrected chi connectivity index (χ3v) is 29.2. The third kappa shape index (κ3) is 21.5. The number of amides is 5. The normalized spacial score (nSPS) is 22.2. The lowest BCUT2D eigenvalue weighted by Crippen LogP contribution is -2.47. The Hall–Kier alpha value is -13.5. The predicted octanol–water partition coefficient (Wildman–Crippen LogP) is 16.1. The summed E-state index contributed by atoms with van der Waals surface area (Å²) in [5.41, 5.74) is 11.5. The number of ether oxygens (including phenoxy) is 3. The van der Waals surface area contributed by atoms with Crippen LogP contribution in [0.2, 0.25) is 0 Å². The number of piperidine rings is 2. The van der Waals surface area contributed by atoms with Gasteiger partial charge in [0.2, 0.25) is 29.5 Å². The number of carbonyl (C=O) groups is 9. The van der Waals surface area contributed by atoms with Crippen LogP contribution in [0.3, 0.4) is 0 Å². The van der Waals surface area contributed by atoms with Crippen LogP contribution in [-0.2, 0) is 88.7 Å². The molecule has 20 rings (SSSR count). The molecule has 5 amide bonds. The minimum Gasteiger partial charge on any atom is -0.378 e. The van der Waals surface area contributed by atoms with E-state index in [1.54, 1.807) is 75.4 Å². The molecule has 0 radical (unpaired) electrons. The van der Waals surface area contributed by atoms with Crippen molar-refractivity contribution >= 4 is 113 Å². The van der Waals surface area contributed by atoms with Gasteiger partial charge in [-0.2, -0.15) is 15.3 Å². The molecule has 6 aliphatic heterocycles. The molecule has 2 N–H and O–H groups in total. The molecule has 736 valence electrons. The molecule has 35 heteroatoms. The first-order valence-electron chi connectivity index (χ1n) is 49.0. The van der Waals surface area contributed by atoms with Gasteiger partial charge in [-0.3, -0.25) is 62.2 Å². The van der Waals surface area contributed by atoms with E-state index >= 15 is 4.39 Å². The first-order valence-corrected chi connectivity index (χ1v) is 49.8. The second-order valence-corrected chi connectivity index (χ2v) is 40.0. The van der Waals surface area contributed by atoms with E-state index in [1.807, 2.05) is 114 Å². The van der Waals surface area contributed by atoms with Gasteiger partial charge in [0.1, 0.15) is 82.5 Å². The number of likely N-dealkylation sites (tertiary alicyclic amines) is 3. The molecular weight excluding hydrogens is 1870 g/mol. The van der Waals surface area contributed by atoms with Crippen molar-refractivity contribution in [3.8, 4) is 33.5 Å². The van der Waals surface area contributed by atoms with E-state index in [0.717, 1.165) is 158 Å². The maximum atomic E-state index is 16.4. The van der Waals surface area contributed by atoms with Crippen molar-refractivity contribution in [2.24, 2.45) is 10.8 Å². The topological polar surface area (TPSA) is 397 Å². The number of aryl methyl sites for hydroxylation is 8. The van der Waals surface area contributed by atoms with Gasteiger partial charge >= 0.3 is 0 Å². The van der Waals surface area contributed by atoms with E-state index in [-0.39, 0.29) is 127 Å². The van der Waals surface area contributed by atoms with Gasteiger partial charge in [-0.1, -0.05) is 74.3 Å². The molecule has 12 aromatic rings. The molecule has 8 atom stereocenters. The smallest absolute Gasteiger partial charge is 0.248 e. The molecule has 2 saturated carbocycles. The van der Waals surface area contributed by atoms with E-state index in [2.05, 4.69) is 98.9 Å². The van der Waals surface area contributed by atoms with Crippen molar-refractivity contribution in [1.29, 1.82) is 0 Å². The van der Waals surface area contributed by atoms with Gasteiger partial charge in [0.25, 0.3) is 0 Å². The number of hydrogen-bond donors (Lipinski definition) is 2. The van der Waals surface area contributed by atoms with Crippen LogP contribution in [0.5, 0.6) is 0 Å². The summed E-state index contributed by atoms with van der Waals surface area (Å²) in [5, 5.41) is 21.8. The number of carbonyl (C=O) groups excluding carboxylic acids is 9. The molecule has 5 fully saturated rings. The highest BCUT2D eigenvalue weighted by molar-refractivity contribution is 9.10. The molecule has 3 saturated heterocycles. The van der Waals surface area contributed by atoms with Crippen molar-refractivity contribution < 1.29 is 61.8 Å². The second kappa shape index (κ2) is 42.0. The van der Waals surface area contributed by atoms with Crippen LogP contribution in [0.25, 0.3) is 66.2 Å². The Labute approximate surface area is 830 Å². The summed E-state index contributed by atoms with van der Waals surface area (Å²) in [4.78, 5) is 172. The van der Waals surface area contributed by atoms with Gasteiger partial charge in [0.15, 0.2) is 28.8 Å². The number of hydrogen-bond acceptors (Lipinski definition) is 25. The lowest BCUT2D eigenvalue weighted by atomic mass is 9.93. The van der Waals surface area contributed by atoms with Crippen LogP contribution in [0.4, 0.5) is 16.0 Å². The van der Waals surface area contributed by atoms with Gasteiger partial charge < -0.3 is 39.5 Å². The number of halogens is 2. The average Bonchev–Trinajstić information content (AvgIpc) is 1.54. The molecule has 142 heavy (non-hydrogen) atoms. The number of aromatic nitrogens is 16. The van der Waals surface area contributed by atoms with Crippen LogP contribution < -0.4 is 10.6 Å². The van der Waals surface area contributed by atoms with Crippen molar-refractivity contribution in [3.05, 3.63) is 218 Å². The minimum atomic E-state index is -1.88. The first kappa shape index (κ1) is 98.7. The number of ketones is 4. The van der Waals surface area contributed by atoms with E-state index in [9.17, 15) is 43.2 Å². The maximum absolute atomic E-state index is 16.4. The fourth-order valence-electron chi connectivity index (χ4n) is 21.4. The molecule has 2 aliphatic carbocycles. The van der Waals surface area contributed by atoms with Crippen LogP contribution >= 0.6 is 15.9 Å². The van der Waals surface area contributed by atoms with Gasteiger partial charge in [0.05, 0.1) is 85.7 Å². The number of nitrogens with one attached hydrogen (secondary N) is 2. The molecule has 0 unspecified atom stereocenters. The van der Waals surface area contributed by atoms with E-state index in [1.165, 1.54) is 30.4 Å². The zero-order valence-electron chi connectivity index (χ0n) is 81.7. The number of rotatable bonds is 12. The van der Waals surface area contributed by atoms with Crippen molar-refractivity contribution in [1.82, 2.24) is 93.9 Å². The summed E-state index contributed by atoms with van der Waals surface area (Å²) in [6, 6.07) is 20.4. The summed E-state index contributed by atoms with van der Waals surface area (Å²) < 4.78 is 39.2. The van der Waals surface area contributed by atoms with E-state index in [0.29, 0.717) is 135 Å². The summed E-state index contributed by atoms with van der Waals surface area (Å²) in [5.74, 6) is 0.593. The number of benzene rings is 2. The van der Waals surface area contributed by atoms with Gasteiger partial charge in [-0.25, -0.2) is 49.2 Å². The van der Waals surface area contributed by atoms with Gasteiger partial charge in [-0.15, -0.1) is 0 Å². The predicted molar refractivity (Wildman–Crippen MR) is 533 cm³/mol. The number of alkyl halides is 1. The number of anilines is 2. The molecular formula is C107H117BrFN21O12. The number of allylic oxidation sites excluding steroid dienone is 2. The van der Waals surface area contributed by atoms with E-state index in [4.69, 9.17) is 19.2 Å². The minimum absolute atomic E-state index is 0.00908. The highest BCUT2D eigenvalue weighted by Crippen LogP contribution is 2.64. The highest BCUT2D eigenvalue weighted by atomic mass is 79.9. The van der Waals surface area contributed by atoms with Crippen LogP contribution in [0.15, 0.2) is 139 Å². The maximum Gasteiger partial charge on any atom is 0.248 e. The second-order valence-electron chi connectivity index (χ2n) is 39.2. The molecule has 2 aromatic carbocycles. The Morgan fingerprint density at radius 3 is 1.53 bits per heavy atom. The average molecular weight is 1990 g/mol. The Bertz CT molecular complexity index is 6720. The van der Waals surface area contributed by atoms with E-state index < -0.39 is 29.7 Å². The molecule has 8 aliphatic rings. The van der Waals surface area contributed by atoms with Crippen LogP contribution in [-0.4, -0.2) is 215 Å².